The zero-order valence-corrected chi connectivity index (χ0v) is 9.19. The summed E-state index contributed by atoms with van der Waals surface area (Å²) >= 11 is 1.89. The van der Waals surface area contributed by atoms with Crippen molar-refractivity contribution in [2.45, 2.75) is 11.0 Å². The first-order valence-electron chi connectivity index (χ1n) is 3.70. The number of halogens is 1. The summed E-state index contributed by atoms with van der Waals surface area (Å²) in [6, 6.07) is 6.74. The Morgan fingerprint density at radius 3 is 2.38 bits per heavy atom. The second kappa shape index (κ2) is 4.57. The van der Waals surface area contributed by atoms with Gasteiger partial charge in [-0.05, 0) is 40.3 Å². The highest BCUT2D eigenvalue weighted by molar-refractivity contribution is 14.1. The second-order valence-corrected chi connectivity index (χ2v) is 3.68. The fourth-order valence-electron chi connectivity index (χ4n) is 0.861. The van der Waals surface area contributed by atoms with Crippen molar-refractivity contribution in [2.24, 2.45) is 0 Å². The highest BCUT2D eigenvalue weighted by Crippen LogP contribution is 2.22. The largest absolute Gasteiger partial charge is 0.427 e. The van der Waals surface area contributed by atoms with Crippen LogP contribution >= 0.6 is 22.6 Å². The number of carbonyl (C=O) groups is 1. The molecule has 3 nitrogen and oxygen atoms in total. The maximum Gasteiger partial charge on any atom is 0.308 e. The van der Waals surface area contributed by atoms with Gasteiger partial charge in [0.2, 0.25) is 0 Å². The monoisotopic (exact) mass is 292 g/mol. The molecule has 4 heteroatoms. The zero-order valence-electron chi connectivity index (χ0n) is 7.03. The number of carbonyl (C=O) groups excluding carboxylic acids is 1. The number of rotatable bonds is 2. The highest BCUT2D eigenvalue weighted by atomic mass is 127. The van der Waals surface area contributed by atoms with Crippen LogP contribution in [0.1, 0.15) is 16.6 Å². The van der Waals surface area contributed by atoms with Crippen LogP contribution in [0, 0.1) is 0 Å². The fraction of sp³-hybridized carbons (Fsp3) is 0.222. The summed E-state index contributed by atoms with van der Waals surface area (Å²) in [7, 11) is 0. The zero-order chi connectivity index (χ0) is 9.84. The van der Waals surface area contributed by atoms with Crippen LogP contribution in [0.2, 0.25) is 0 Å². The van der Waals surface area contributed by atoms with Gasteiger partial charge in [0.25, 0.3) is 0 Å². The van der Waals surface area contributed by atoms with Crippen LogP contribution in [-0.4, -0.2) is 11.1 Å². The molecule has 0 saturated carbocycles. The molecule has 1 N–H and O–H groups in total. The molecule has 13 heavy (non-hydrogen) atoms. The summed E-state index contributed by atoms with van der Waals surface area (Å²) in [5, 5.41) is 9.18. The Morgan fingerprint density at radius 1 is 1.46 bits per heavy atom. The average molecular weight is 292 g/mol. The summed E-state index contributed by atoms with van der Waals surface area (Å²) in [4.78, 5) is 10.6. The predicted molar refractivity (Wildman–Crippen MR) is 56.7 cm³/mol. The van der Waals surface area contributed by atoms with E-state index in [0.717, 1.165) is 5.56 Å². The third-order valence-electron chi connectivity index (χ3n) is 1.42. The van der Waals surface area contributed by atoms with Crippen LogP contribution < -0.4 is 4.74 Å². The maximum absolute atomic E-state index is 10.6. The summed E-state index contributed by atoms with van der Waals surface area (Å²) in [5.41, 5.74) is 0.788. The van der Waals surface area contributed by atoms with Gasteiger partial charge in [0.1, 0.15) is 9.86 Å². The number of aliphatic hydroxyl groups is 1. The number of alkyl halides is 1. The van der Waals surface area contributed by atoms with Crippen LogP contribution in [0.3, 0.4) is 0 Å². The minimum atomic E-state index is -0.524. The minimum absolute atomic E-state index is 0.345. The molecular formula is C9H9IO3. The molecule has 0 aromatic heterocycles. The van der Waals surface area contributed by atoms with Gasteiger partial charge >= 0.3 is 5.97 Å². The SMILES string of the molecule is CC(=O)Oc1ccc([C@@H](O)I)cc1. The number of esters is 1. The topological polar surface area (TPSA) is 46.5 Å². The Hall–Kier alpha value is -0.620. The van der Waals surface area contributed by atoms with E-state index in [1.807, 2.05) is 22.6 Å². The Bertz CT molecular complexity index is 292. The third kappa shape index (κ3) is 3.31. The van der Waals surface area contributed by atoms with Crippen LogP contribution in [0.25, 0.3) is 0 Å². The lowest BCUT2D eigenvalue weighted by molar-refractivity contribution is -0.131. The molecule has 0 aliphatic heterocycles. The number of hydrogen-bond acceptors (Lipinski definition) is 3. The summed E-state index contributed by atoms with van der Waals surface area (Å²) in [6.07, 6.45) is 0. The normalized spacial score (nSPS) is 12.2. The molecule has 0 heterocycles. The Balaban J connectivity index is 2.75. The minimum Gasteiger partial charge on any atom is -0.427 e. The van der Waals surface area contributed by atoms with Crippen molar-refractivity contribution < 1.29 is 14.6 Å². The van der Waals surface area contributed by atoms with Crippen molar-refractivity contribution in [1.29, 1.82) is 0 Å². The summed E-state index contributed by atoms with van der Waals surface area (Å²) in [5.74, 6) is 0.149. The third-order valence-corrected chi connectivity index (χ3v) is 2.14. The van der Waals surface area contributed by atoms with Gasteiger partial charge in [-0.2, -0.15) is 0 Å². The van der Waals surface area contributed by atoms with E-state index in [2.05, 4.69) is 0 Å². The first-order chi connectivity index (χ1) is 6.09. The van der Waals surface area contributed by atoms with Crippen LogP contribution in [-0.2, 0) is 4.79 Å². The van der Waals surface area contributed by atoms with Gasteiger partial charge in [0.05, 0.1) is 0 Å². The lowest BCUT2D eigenvalue weighted by Gasteiger charge is -2.04. The molecule has 0 fully saturated rings. The Morgan fingerprint density at radius 2 is 2.00 bits per heavy atom. The molecule has 1 rings (SSSR count). The molecule has 0 aliphatic carbocycles. The van der Waals surface area contributed by atoms with Crippen LogP contribution in [0.5, 0.6) is 5.75 Å². The van der Waals surface area contributed by atoms with Crippen molar-refractivity contribution in [3.63, 3.8) is 0 Å². The first kappa shape index (κ1) is 10.5. The standard InChI is InChI=1S/C9H9IO3/c1-6(11)13-8-4-2-7(3-5-8)9(10)12/h2-5,9,12H,1H3/t9-/m1/s1. The van der Waals surface area contributed by atoms with Crippen molar-refractivity contribution in [3.8, 4) is 5.75 Å². The van der Waals surface area contributed by atoms with Crippen LogP contribution in [0.4, 0.5) is 0 Å². The van der Waals surface area contributed by atoms with Crippen molar-refractivity contribution in [1.82, 2.24) is 0 Å². The molecule has 0 saturated heterocycles. The Kier molecular flexibility index (Phi) is 3.68. The van der Waals surface area contributed by atoms with E-state index < -0.39 is 4.11 Å². The molecule has 0 radical (unpaired) electrons. The highest BCUT2D eigenvalue weighted by Gasteiger charge is 2.02. The van der Waals surface area contributed by atoms with E-state index in [0.29, 0.717) is 5.75 Å². The average Bonchev–Trinajstić information content (AvgIpc) is 2.04. The smallest absolute Gasteiger partial charge is 0.308 e. The van der Waals surface area contributed by atoms with Gasteiger partial charge in [-0.3, -0.25) is 4.79 Å². The number of hydrogen-bond donors (Lipinski definition) is 1. The number of benzene rings is 1. The molecule has 0 amide bonds. The van der Waals surface area contributed by atoms with E-state index in [1.54, 1.807) is 24.3 Å². The van der Waals surface area contributed by atoms with Crippen molar-refractivity contribution >= 4 is 28.6 Å². The van der Waals surface area contributed by atoms with E-state index >= 15 is 0 Å². The molecule has 1 aromatic rings. The van der Waals surface area contributed by atoms with Gasteiger partial charge in [-0.25, -0.2) is 0 Å². The molecule has 1 aromatic carbocycles. The maximum atomic E-state index is 10.6. The number of ether oxygens (including phenoxy) is 1. The van der Waals surface area contributed by atoms with E-state index in [1.165, 1.54) is 6.92 Å². The second-order valence-electron chi connectivity index (χ2n) is 2.50. The van der Waals surface area contributed by atoms with Gasteiger partial charge in [0, 0.05) is 6.92 Å². The molecule has 0 bridgehead atoms. The Labute approximate surface area is 89.9 Å². The molecular weight excluding hydrogens is 283 g/mol. The van der Waals surface area contributed by atoms with Gasteiger partial charge < -0.3 is 9.84 Å². The lowest BCUT2D eigenvalue weighted by Crippen LogP contribution is -2.01. The van der Waals surface area contributed by atoms with Crippen LogP contribution in [0.15, 0.2) is 24.3 Å². The predicted octanol–water partition coefficient (Wildman–Crippen LogP) is 2.04. The molecule has 0 unspecified atom stereocenters. The molecule has 0 aliphatic rings. The molecule has 0 spiro atoms. The van der Waals surface area contributed by atoms with Gasteiger partial charge in [-0.1, -0.05) is 12.1 Å². The summed E-state index contributed by atoms with van der Waals surface area (Å²) in [6.45, 7) is 1.35. The van der Waals surface area contributed by atoms with Crippen molar-refractivity contribution in [2.75, 3.05) is 0 Å². The van der Waals surface area contributed by atoms with Gasteiger partial charge in [-0.15, -0.1) is 0 Å². The van der Waals surface area contributed by atoms with Crippen molar-refractivity contribution in [3.05, 3.63) is 29.8 Å². The summed E-state index contributed by atoms with van der Waals surface area (Å²) < 4.78 is 4.30. The van der Waals surface area contributed by atoms with E-state index in [4.69, 9.17) is 4.74 Å². The van der Waals surface area contributed by atoms with E-state index in [-0.39, 0.29) is 5.97 Å². The number of aliphatic hydroxyl groups excluding tert-OH is 1. The van der Waals surface area contributed by atoms with E-state index in [9.17, 15) is 9.90 Å². The molecule has 1 atom stereocenters. The quantitative estimate of drug-likeness (QED) is 0.393. The van der Waals surface area contributed by atoms with Gasteiger partial charge in [0.15, 0.2) is 0 Å². The molecule has 70 valence electrons. The fourth-order valence-corrected chi connectivity index (χ4v) is 1.28. The lowest BCUT2D eigenvalue weighted by atomic mass is 10.2. The first-order valence-corrected chi connectivity index (χ1v) is 4.94.